The largest absolute Gasteiger partial charge is 0.416 e. The van der Waals surface area contributed by atoms with E-state index in [4.69, 9.17) is 4.55 Å². The number of nitrogens with zero attached hydrogens (tertiary/aromatic N) is 4. The molecular formula is C34H38F3N4O3S2+. The molecule has 0 saturated carbocycles. The number of rotatable bonds is 8. The van der Waals surface area contributed by atoms with E-state index in [9.17, 15) is 21.6 Å². The molecule has 0 atom stereocenters. The average Bonchev–Trinajstić information content (AvgIpc) is 3.04. The van der Waals surface area contributed by atoms with Crippen molar-refractivity contribution in [3.05, 3.63) is 108 Å². The summed E-state index contributed by atoms with van der Waals surface area (Å²) in [6.07, 6.45) is 0.752. The summed E-state index contributed by atoms with van der Waals surface area (Å²) < 4.78 is 72.0. The van der Waals surface area contributed by atoms with Gasteiger partial charge in [-0.3, -0.25) is 9.45 Å². The van der Waals surface area contributed by atoms with Crippen LogP contribution in [0.2, 0.25) is 0 Å². The Kier molecular flexibility index (Phi) is 11.1. The Balaban J connectivity index is 0.000000322. The highest BCUT2D eigenvalue weighted by molar-refractivity contribution is 7.99. The van der Waals surface area contributed by atoms with Gasteiger partial charge in [0.2, 0.25) is 0 Å². The average molecular weight is 672 g/mol. The Hall–Kier alpha value is -3.42. The molecule has 244 valence electrons. The first-order valence-electron chi connectivity index (χ1n) is 15.2. The second-order valence-corrected chi connectivity index (χ2v) is 13.8. The number of aryl methyl sites for hydroxylation is 1. The van der Waals surface area contributed by atoms with Crippen LogP contribution in [0.1, 0.15) is 17.5 Å². The maximum Gasteiger partial charge on any atom is 0.416 e. The third kappa shape index (κ3) is 9.10. The molecule has 6 rings (SSSR count). The van der Waals surface area contributed by atoms with Gasteiger partial charge in [0.25, 0.3) is 10.1 Å². The molecule has 12 heteroatoms. The molecule has 1 N–H and O–H groups in total. The number of anilines is 2. The molecule has 4 aromatic rings. The molecule has 3 heterocycles. The first-order valence-corrected chi connectivity index (χ1v) is 17.4. The number of alkyl halides is 3. The minimum atomic E-state index is -4.35. The van der Waals surface area contributed by atoms with Crippen LogP contribution < -0.4 is 9.47 Å². The molecule has 0 aliphatic carbocycles. The number of pyridine rings is 1. The molecule has 0 radical (unpaired) electrons. The number of fused-ring (bicyclic) bond motifs is 2. The van der Waals surface area contributed by atoms with E-state index in [-0.39, 0.29) is 4.90 Å². The van der Waals surface area contributed by atoms with Crippen molar-refractivity contribution in [1.29, 1.82) is 0 Å². The quantitative estimate of drug-likeness (QED) is 0.169. The zero-order valence-corrected chi connectivity index (χ0v) is 27.2. The summed E-state index contributed by atoms with van der Waals surface area (Å²) in [5.74, 6) is 0. The molecular weight excluding hydrogens is 634 g/mol. The smallest absolute Gasteiger partial charge is 0.340 e. The fourth-order valence-corrected chi connectivity index (χ4v) is 7.04. The van der Waals surface area contributed by atoms with Gasteiger partial charge < -0.3 is 9.80 Å². The van der Waals surface area contributed by atoms with E-state index in [0.29, 0.717) is 12.2 Å². The minimum Gasteiger partial charge on any atom is -0.340 e. The van der Waals surface area contributed by atoms with Crippen LogP contribution in [-0.2, 0) is 22.8 Å². The number of aromatic nitrogens is 1. The first-order chi connectivity index (χ1) is 22.0. The van der Waals surface area contributed by atoms with Crippen LogP contribution in [0.3, 0.4) is 0 Å². The Morgan fingerprint density at radius 1 is 0.783 bits per heavy atom. The standard InChI is InChI=1S/C27H30F3N4S.C7H8O3S/c28-27(29,30)22-9-10-26-24(21-22)34(23-7-2-3-8-25(23)35-26)14-6-13-32-16-19-33(20-17-32)18-15-31-11-4-1-5-12-31;1-6-2-4-7(5-3-6)11(8,9)10/h1-5,7-12,21H,6,13-20H2;2-5H,1H3,(H,8,9,10)/q+1;. The fraction of sp³-hybridized carbons (Fsp3) is 0.324. The SMILES string of the molecule is Cc1ccc(S(=O)(=O)O)cc1.FC(F)(F)c1ccc2c(c1)N(CCCN1CCN(CC[n+]3ccccc3)CC1)c1ccccc1S2. The molecule has 0 spiro atoms. The van der Waals surface area contributed by atoms with Gasteiger partial charge in [-0.05, 0) is 62.4 Å². The summed E-state index contributed by atoms with van der Waals surface area (Å²) in [5, 5.41) is 0. The van der Waals surface area contributed by atoms with E-state index in [1.807, 2.05) is 37.3 Å². The Morgan fingerprint density at radius 3 is 2.07 bits per heavy atom. The summed E-state index contributed by atoms with van der Waals surface area (Å²) in [4.78, 5) is 8.95. The van der Waals surface area contributed by atoms with Gasteiger partial charge in [0.05, 0.1) is 28.4 Å². The van der Waals surface area contributed by atoms with Crippen LogP contribution in [0.25, 0.3) is 0 Å². The van der Waals surface area contributed by atoms with E-state index >= 15 is 0 Å². The van der Waals surface area contributed by atoms with E-state index in [1.165, 1.54) is 24.3 Å². The highest BCUT2D eigenvalue weighted by Crippen LogP contribution is 2.49. The lowest BCUT2D eigenvalue weighted by Crippen LogP contribution is -2.49. The summed E-state index contributed by atoms with van der Waals surface area (Å²) in [6, 6.07) is 24.2. The molecule has 0 bridgehead atoms. The third-order valence-corrected chi connectivity index (χ3v) is 10.0. The zero-order valence-electron chi connectivity index (χ0n) is 25.6. The van der Waals surface area contributed by atoms with Crippen molar-refractivity contribution in [2.45, 2.75) is 40.8 Å². The molecule has 7 nitrogen and oxygen atoms in total. The van der Waals surface area contributed by atoms with Crippen molar-refractivity contribution in [2.24, 2.45) is 0 Å². The van der Waals surface area contributed by atoms with Gasteiger partial charge in [0.1, 0.15) is 0 Å². The predicted octanol–water partition coefficient (Wildman–Crippen LogP) is 6.55. The lowest BCUT2D eigenvalue weighted by Gasteiger charge is -2.36. The van der Waals surface area contributed by atoms with Crippen molar-refractivity contribution < 1.29 is 30.7 Å². The lowest BCUT2D eigenvalue weighted by atomic mass is 10.1. The van der Waals surface area contributed by atoms with Gasteiger partial charge >= 0.3 is 6.18 Å². The number of hydrogen-bond acceptors (Lipinski definition) is 6. The van der Waals surface area contributed by atoms with Crippen LogP contribution in [0.5, 0.6) is 0 Å². The molecule has 1 aromatic heterocycles. The van der Waals surface area contributed by atoms with Crippen molar-refractivity contribution in [3.63, 3.8) is 0 Å². The highest BCUT2D eigenvalue weighted by atomic mass is 32.2. The van der Waals surface area contributed by atoms with Crippen molar-refractivity contribution in [2.75, 3.05) is 50.7 Å². The number of hydrogen-bond donors (Lipinski definition) is 1. The Morgan fingerprint density at radius 2 is 1.41 bits per heavy atom. The van der Waals surface area contributed by atoms with Crippen molar-refractivity contribution >= 4 is 33.3 Å². The second kappa shape index (κ2) is 15.0. The van der Waals surface area contributed by atoms with Crippen LogP contribution >= 0.6 is 11.8 Å². The van der Waals surface area contributed by atoms with E-state index < -0.39 is 21.9 Å². The Labute approximate surface area is 273 Å². The van der Waals surface area contributed by atoms with Crippen molar-refractivity contribution in [3.8, 4) is 0 Å². The molecule has 1 saturated heterocycles. The topological polar surface area (TPSA) is 68.0 Å². The summed E-state index contributed by atoms with van der Waals surface area (Å²) in [7, 11) is -4.02. The zero-order chi connectivity index (χ0) is 32.7. The van der Waals surface area contributed by atoms with Crippen molar-refractivity contribution in [1.82, 2.24) is 9.80 Å². The van der Waals surface area contributed by atoms with Gasteiger partial charge in [-0.1, -0.05) is 47.7 Å². The maximum absolute atomic E-state index is 13.4. The molecule has 3 aromatic carbocycles. The minimum absolute atomic E-state index is 0.0666. The van der Waals surface area contributed by atoms with Gasteiger partial charge in [0.15, 0.2) is 18.9 Å². The third-order valence-electron chi connectivity index (χ3n) is 8.04. The molecule has 0 unspecified atom stereocenters. The molecule has 2 aliphatic heterocycles. The van der Waals surface area contributed by atoms with Gasteiger partial charge in [0, 0.05) is 54.6 Å². The normalized spacial score (nSPS) is 15.5. The number of benzene rings is 3. The lowest BCUT2D eigenvalue weighted by molar-refractivity contribution is -0.696. The van der Waals surface area contributed by atoms with E-state index in [1.54, 1.807) is 30.0 Å². The number of piperazine rings is 1. The Bertz CT molecular complexity index is 1700. The predicted molar refractivity (Wildman–Crippen MR) is 174 cm³/mol. The number of halogens is 3. The van der Waals surface area contributed by atoms with Crippen LogP contribution in [-0.4, -0.2) is 68.6 Å². The molecule has 1 fully saturated rings. The molecule has 0 amide bonds. The maximum atomic E-state index is 13.4. The monoisotopic (exact) mass is 671 g/mol. The summed E-state index contributed by atoms with van der Waals surface area (Å²) in [6.45, 7) is 9.67. The van der Waals surface area contributed by atoms with E-state index in [2.05, 4.69) is 43.8 Å². The summed E-state index contributed by atoms with van der Waals surface area (Å²) >= 11 is 1.54. The van der Waals surface area contributed by atoms with Crippen LogP contribution in [0.15, 0.2) is 112 Å². The summed E-state index contributed by atoms with van der Waals surface area (Å²) in [5.41, 5.74) is 2.02. The van der Waals surface area contributed by atoms with Gasteiger partial charge in [-0.15, -0.1) is 0 Å². The first kappa shape index (κ1) is 33.9. The highest BCUT2D eigenvalue weighted by Gasteiger charge is 2.33. The van der Waals surface area contributed by atoms with Gasteiger partial charge in [-0.2, -0.15) is 21.6 Å². The van der Waals surface area contributed by atoms with Crippen LogP contribution in [0, 0.1) is 6.92 Å². The molecule has 2 aliphatic rings. The number of para-hydroxylation sites is 1. The molecule has 46 heavy (non-hydrogen) atoms. The second-order valence-electron chi connectivity index (χ2n) is 11.3. The van der Waals surface area contributed by atoms with E-state index in [0.717, 1.165) is 73.3 Å². The van der Waals surface area contributed by atoms with Crippen LogP contribution in [0.4, 0.5) is 24.5 Å². The fourth-order valence-electron chi connectivity index (χ4n) is 5.49. The van der Waals surface area contributed by atoms with Gasteiger partial charge in [-0.25, -0.2) is 4.57 Å².